The molecule has 0 radical (unpaired) electrons. The third-order valence-electron chi connectivity index (χ3n) is 4.84. The Balaban J connectivity index is 1.59. The predicted octanol–water partition coefficient (Wildman–Crippen LogP) is 4.13. The van der Waals surface area contributed by atoms with E-state index in [2.05, 4.69) is 5.32 Å². The molecule has 0 saturated carbocycles. The van der Waals surface area contributed by atoms with Crippen molar-refractivity contribution < 1.29 is 14.7 Å². The highest BCUT2D eigenvalue weighted by atomic mass is 35.5. The minimum atomic E-state index is -1.22. The van der Waals surface area contributed by atoms with Crippen molar-refractivity contribution >= 4 is 45.6 Å². The van der Waals surface area contributed by atoms with Crippen LogP contribution in [-0.2, 0) is 4.79 Å². The maximum atomic E-state index is 12.9. The van der Waals surface area contributed by atoms with Crippen molar-refractivity contribution in [1.29, 1.82) is 5.26 Å². The van der Waals surface area contributed by atoms with Crippen molar-refractivity contribution in [2.24, 2.45) is 0 Å². The molecule has 0 aliphatic rings. The van der Waals surface area contributed by atoms with E-state index in [4.69, 9.17) is 16.9 Å². The molecule has 2 aromatic heterocycles. The number of thiophene rings is 1. The maximum Gasteiger partial charge on any atom is 0.331 e. The van der Waals surface area contributed by atoms with Crippen LogP contribution in [0.1, 0.15) is 26.8 Å². The molecule has 4 rings (SSSR count). The number of nitriles is 1. The van der Waals surface area contributed by atoms with Crippen LogP contribution in [0.2, 0.25) is 4.34 Å². The van der Waals surface area contributed by atoms with Gasteiger partial charge in [-0.3, -0.25) is 14.2 Å². The van der Waals surface area contributed by atoms with E-state index in [1.165, 1.54) is 16.7 Å². The van der Waals surface area contributed by atoms with Gasteiger partial charge in [-0.1, -0.05) is 11.6 Å². The molecule has 0 saturated heterocycles. The number of fused-ring (bicyclic) bond motifs is 1. The summed E-state index contributed by atoms with van der Waals surface area (Å²) in [4.78, 5) is 37.4. The second-order valence-corrected chi connectivity index (χ2v) is 8.58. The van der Waals surface area contributed by atoms with E-state index in [0.29, 0.717) is 31.2 Å². The Hall–Kier alpha value is -3.93. The molecule has 1 unspecified atom stereocenters. The summed E-state index contributed by atoms with van der Waals surface area (Å²) < 4.78 is 1.86. The van der Waals surface area contributed by atoms with Crippen LogP contribution in [0.3, 0.4) is 0 Å². The van der Waals surface area contributed by atoms with Crippen molar-refractivity contribution in [2.45, 2.75) is 6.04 Å². The smallest absolute Gasteiger partial charge is 0.331 e. The summed E-state index contributed by atoms with van der Waals surface area (Å²) in [5.74, 6) is -1.76. The van der Waals surface area contributed by atoms with Gasteiger partial charge in [0, 0.05) is 27.7 Å². The number of nitrogens with zero attached hydrogens (tertiary/aromatic N) is 2. The minimum absolute atomic E-state index is 0.246. The number of aliphatic carboxylic acids is 1. The van der Waals surface area contributed by atoms with E-state index in [0.717, 1.165) is 11.3 Å². The lowest BCUT2D eigenvalue weighted by atomic mass is 10.1. The zero-order valence-electron chi connectivity index (χ0n) is 16.3. The number of benzene rings is 2. The van der Waals surface area contributed by atoms with Gasteiger partial charge < -0.3 is 10.4 Å². The first-order valence-electron chi connectivity index (χ1n) is 9.32. The van der Waals surface area contributed by atoms with Crippen molar-refractivity contribution in [1.82, 2.24) is 9.88 Å². The Morgan fingerprint density at radius 2 is 1.84 bits per heavy atom. The fourth-order valence-electron chi connectivity index (χ4n) is 3.25. The lowest BCUT2D eigenvalue weighted by molar-refractivity contribution is -0.139. The lowest BCUT2D eigenvalue weighted by Crippen LogP contribution is -2.33. The first-order chi connectivity index (χ1) is 15.4. The largest absolute Gasteiger partial charge is 0.479 e. The minimum Gasteiger partial charge on any atom is -0.479 e. The monoisotopic (exact) mass is 463 g/mol. The zero-order valence-corrected chi connectivity index (χ0v) is 17.9. The molecule has 7 nitrogen and oxygen atoms in total. The first kappa shape index (κ1) is 21.3. The summed E-state index contributed by atoms with van der Waals surface area (Å²) in [6.07, 6.45) is 1.60. The van der Waals surface area contributed by atoms with Gasteiger partial charge in [-0.15, -0.1) is 11.3 Å². The molecular formula is C23H14ClN3O4S. The number of carboxylic acids is 1. The molecule has 0 bridgehead atoms. The van der Waals surface area contributed by atoms with E-state index in [9.17, 15) is 19.5 Å². The number of nitrogens with one attached hydrogen (secondary N) is 1. The van der Waals surface area contributed by atoms with Gasteiger partial charge in [0.15, 0.2) is 6.04 Å². The van der Waals surface area contributed by atoms with Gasteiger partial charge in [-0.25, -0.2) is 4.79 Å². The van der Waals surface area contributed by atoms with Crippen LogP contribution >= 0.6 is 22.9 Å². The molecule has 0 aliphatic heterocycles. The highest BCUT2D eigenvalue weighted by Crippen LogP contribution is 2.27. The average molecular weight is 464 g/mol. The van der Waals surface area contributed by atoms with Crippen LogP contribution in [-0.4, -0.2) is 21.6 Å². The molecule has 1 amide bonds. The Kier molecular flexibility index (Phi) is 5.77. The summed E-state index contributed by atoms with van der Waals surface area (Å²) in [5.41, 5.74) is 0.993. The topological polar surface area (TPSA) is 112 Å². The number of rotatable bonds is 5. The number of aromatic nitrogens is 1. The normalized spacial score (nSPS) is 11.6. The SMILES string of the molecule is N#Cc1ccc2c(=O)n(-c3ccc(C(=O)NC(C(=O)O)c4ccc(Cl)s4)cc3)ccc2c1. The Morgan fingerprint density at radius 3 is 2.47 bits per heavy atom. The molecular weight excluding hydrogens is 450 g/mol. The van der Waals surface area contributed by atoms with E-state index in [1.807, 2.05) is 6.07 Å². The van der Waals surface area contributed by atoms with Gasteiger partial charge in [0.05, 0.1) is 16.0 Å². The Labute approximate surface area is 190 Å². The Morgan fingerprint density at radius 1 is 1.09 bits per heavy atom. The van der Waals surface area contributed by atoms with Crippen molar-refractivity contribution in [3.63, 3.8) is 0 Å². The summed E-state index contributed by atoms with van der Waals surface area (Å²) in [6, 6.07) is 16.8. The van der Waals surface area contributed by atoms with Crippen LogP contribution in [0.5, 0.6) is 0 Å². The summed E-state index contributed by atoms with van der Waals surface area (Å²) in [5, 5.41) is 22.1. The van der Waals surface area contributed by atoms with Crippen LogP contribution in [0, 0.1) is 11.3 Å². The van der Waals surface area contributed by atoms with Crippen LogP contribution in [0.4, 0.5) is 0 Å². The molecule has 1 atom stereocenters. The molecule has 32 heavy (non-hydrogen) atoms. The van der Waals surface area contributed by atoms with Gasteiger partial charge in [0.1, 0.15) is 0 Å². The third kappa shape index (κ3) is 4.12. The number of carbonyl (C=O) groups excluding carboxylic acids is 1. The number of pyridine rings is 1. The van der Waals surface area contributed by atoms with Crippen molar-refractivity contribution in [3.05, 3.63) is 97.6 Å². The van der Waals surface area contributed by atoms with Gasteiger partial charge in [-0.2, -0.15) is 5.26 Å². The van der Waals surface area contributed by atoms with E-state index >= 15 is 0 Å². The number of hydrogen-bond acceptors (Lipinski definition) is 5. The number of carbonyl (C=O) groups is 2. The van der Waals surface area contributed by atoms with Gasteiger partial charge in [0.2, 0.25) is 0 Å². The predicted molar refractivity (Wildman–Crippen MR) is 121 cm³/mol. The zero-order chi connectivity index (χ0) is 22.8. The average Bonchev–Trinajstić information content (AvgIpc) is 3.23. The second kappa shape index (κ2) is 8.67. The van der Waals surface area contributed by atoms with Crippen LogP contribution in [0.25, 0.3) is 16.5 Å². The molecule has 2 N–H and O–H groups in total. The number of amides is 1. The molecule has 4 aromatic rings. The third-order valence-corrected chi connectivity index (χ3v) is 6.14. The molecule has 0 fully saturated rings. The maximum absolute atomic E-state index is 12.9. The quantitative estimate of drug-likeness (QED) is 0.462. The lowest BCUT2D eigenvalue weighted by Gasteiger charge is -2.13. The van der Waals surface area contributed by atoms with Gasteiger partial charge >= 0.3 is 5.97 Å². The summed E-state index contributed by atoms with van der Waals surface area (Å²) in [6.45, 7) is 0. The fraction of sp³-hybridized carbons (Fsp3) is 0.0435. The molecule has 2 aromatic carbocycles. The van der Waals surface area contributed by atoms with Gasteiger partial charge in [-0.05, 0) is 66.0 Å². The summed E-state index contributed by atoms with van der Waals surface area (Å²) >= 11 is 6.95. The van der Waals surface area contributed by atoms with Crippen LogP contribution < -0.4 is 10.9 Å². The number of halogens is 1. The number of hydrogen-bond donors (Lipinski definition) is 2. The highest BCUT2D eigenvalue weighted by molar-refractivity contribution is 7.16. The van der Waals surface area contributed by atoms with Crippen LogP contribution in [0.15, 0.2) is 71.7 Å². The summed E-state index contributed by atoms with van der Waals surface area (Å²) in [7, 11) is 0. The van der Waals surface area contributed by atoms with E-state index in [1.54, 1.807) is 54.7 Å². The fourth-order valence-corrected chi connectivity index (χ4v) is 4.35. The molecule has 0 aliphatic carbocycles. The first-order valence-corrected chi connectivity index (χ1v) is 10.5. The van der Waals surface area contributed by atoms with E-state index in [-0.39, 0.29) is 11.1 Å². The molecule has 2 heterocycles. The van der Waals surface area contributed by atoms with Crippen molar-refractivity contribution in [3.8, 4) is 11.8 Å². The molecule has 158 valence electrons. The Bertz CT molecular complexity index is 1450. The molecule has 0 spiro atoms. The second-order valence-electron chi connectivity index (χ2n) is 6.84. The standard InChI is InChI=1S/C23H14ClN3O4S/c24-19-8-7-18(32-19)20(23(30)31)26-21(28)14-2-4-16(5-3-14)27-10-9-15-11-13(12-25)1-6-17(15)22(27)29/h1-11,20H,(H,26,28)(H,30,31). The number of carboxylic acid groups (broad SMARTS) is 1. The highest BCUT2D eigenvalue weighted by Gasteiger charge is 2.24. The molecule has 9 heteroatoms. The van der Waals surface area contributed by atoms with Crippen molar-refractivity contribution in [2.75, 3.05) is 0 Å². The van der Waals surface area contributed by atoms with Gasteiger partial charge in [0.25, 0.3) is 11.5 Å². The van der Waals surface area contributed by atoms with E-state index < -0.39 is 17.9 Å².